The van der Waals surface area contributed by atoms with Gasteiger partial charge in [0.15, 0.2) is 0 Å². The van der Waals surface area contributed by atoms with E-state index in [4.69, 9.17) is 35.2 Å². The van der Waals surface area contributed by atoms with Gasteiger partial charge in [0, 0.05) is 0 Å². The summed E-state index contributed by atoms with van der Waals surface area (Å²) in [6.07, 6.45) is 0. The van der Waals surface area contributed by atoms with Crippen molar-refractivity contribution in [2.75, 3.05) is 0 Å². The molecule has 0 amide bonds. The Bertz CT molecular complexity index is 192. The molecule has 8 nitrogen and oxygen atoms in total. The molecule has 0 aromatic rings. The SMILES string of the molecule is O=P([O-])([O-])O.[O]=[Cr](=[O])([OH])[OH].[Zn+2]. The van der Waals surface area contributed by atoms with Crippen LogP contribution in [0, 0.1) is 0 Å². The molecule has 11 heavy (non-hydrogen) atoms. The quantitative estimate of drug-likeness (QED) is 0.303. The van der Waals surface area contributed by atoms with Gasteiger partial charge in [-0.25, -0.2) is 0 Å². The van der Waals surface area contributed by atoms with Gasteiger partial charge in [-0.2, -0.15) is 0 Å². The minimum Gasteiger partial charge on any atom is 2.00 e. The molecule has 0 fully saturated rings. The second-order valence-corrected chi connectivity index (χ2v) is 3.25. The van der Waals surface area contributed by atoms with Crippen LogP contribution in [0.3, 0.4) is 0 Å². The summed E-state index contributed by atoms with van der Waals surface area (Å²) in [6, 6.07) is 0. The van der Waals surface area contributed by atoms with Gasteiger partial charge in [-0.1, -0.05) is 0 Å². The molecule has 0 bridgehead atoms. The molecule has 64 valence electrons. The van der Waals surface area contributed by atoms with Crippen LogP contribution in [0.15, 0.2) is 0 Å². The molecule has 0 saturated carbocycles. The zero-order valence-corrected chi connectivity index (χ0v) is 10.1. The van der Waals surface area contributed by atoms with Crippen molar-refractivity contribution in [2.45, 2.75) is 0 Å². The Labute approximate surface area is 76.3 Å². The molecule has 0 aliphatic heterocycles. The van der Waals surface area contributed by atoms with E-state index in [1.807, 2.05) is 0 Å². The fourth-order valence-corrected chi connectivity index (χ4v) is 0. The van der Waals surface area contributed by atoms with E-state index in [-0.39, 0.29) is 19.5 Å². The second kappa shape index (κ2) is 6.32. The van der Waals surface area contributed by atoms with Crippen molar-refractivity contribution in [1.29, 1.82) is 0 Å². The smallest absolute Gasteiger partial charge is 2.00 e. The molecule has 0 atom stereocenters. The number of hydrogen-bond donors (Lipinski definition) is 3. The molecule has 0 aliphatic rings. The number of hydrogen-bond acceptors (Lipinski definition) is 5. The fourth-order valence-electron chi connectivity index (χ4n) is 0. The third-order valence-electron chi connectivity index (χ3n) is 0. The predicted octanol–water partition coefficient (Wildman–Crippen LogP) is -3.55. The zero-order valence-electron chi connectivity index (χ0n) is 4.95. The monoisotopic (exact) mass is 278 g/mol. The van der Waals surface area contributed by atoms with Crippen molar-refractivity contribution >= 4 is 7.82 Å². The van der Waals surface area contributed by atoms with Crippen molar-refractivity contribution in [3.05, 3.63) is 0 Å². The topological polar surface area (TPSA) is 158 Å². The maximum Gasteiger partial charge on any atom is 2.00 e. The van der Waals surface area contributed by atoms with Crippen molar-refractivity contribution in [3.8, 4) is 0 Å². The Hall–Kier alpha value is 0.786. The van der Waals surface area contributed by atoms with Gasteiger partial charge in [-0.3, -0.25) is 0 Å². The first-order valence-corrected chi connectivity index (χ1v) is 5.12. The molecular formula is H3CrO8PZn. The molecule has 0 aromatic heterocycles. The van der Waals surface area contributed by atoms with E-state index in [2.05, 4.69) is 0 Å². The van der Waals surface area contributed by atoms with Crippen LogP contribution in [0.4, 0.5) is 0 Å². The second-order valence-electron chi connectivity index (χ2n) is 0.916. The Balaban J connectivity index is -0.000000107. The van der Waals surface area contributed by atoms with E-state index in [0.717, 1.165) is 0 Å². The van der Waals surface area contributed by atoms with Crippen LogP contribution in [0.25, 0.3) is 0 Å². The van der Waals surface area contributed by atoms with Gasteiger partial charge in [0.1, 0.15) is 0 Å². The van der Waals surface area contributed by atoms with Gasteiger partial charge in [0.25, 0.3) is 0 Å². The van der Waals surface area contributed by atoms with Gasteiger partial charge in [-0.05, 0) is 0 Å². The molecule has 0 rings (SSSR count). The van der Waals surface area contributed by atoms with Crippen molar-refractivity contribution < 1.29 is 68.3 Å². The first-order valence-electron chi connectivity index (χ1n) is 1.45. The first kappa shape index (κ1) is 17.8. The Morgan fingerprint density at radius 2 is 1.18 bits per heavy atom. The van der Waals surface area contributed by atoms with Crippen LogP contribution >= 0.6 is 7.82 Å². The van der Waals surface area contributed by atoms with E-state index in [9.17, 15) is 0 Å². The van der Waals surface area contributed by atoms with E-state index < -0.39 is 21.4 Å². The van der Waals surface area contributed by atoms with E-state index in [1.165, 1.54) is 0 Å². The van der Waals surface area contributed by atoms with Gasteiger partial charge >= 0.3 is 49.0 Å². The summed E-state index contributed by atoms with van der Waals surface area (Å²) < 4.78 is 40.5. The average Bonchev–Trinajstić information content (AvgIpc) is 1.12. The summed E-state index contributed by atoms with van der Waals surface area (Å²) in [4.78, 5) is 24.3. The zero-order chi connectivity index (χ0) is 9.00. The number of phosphoric acid groups is 1. The van der Waals surface area contributed by atoms with E-state index >= 15 is 0 Å². The standard InChI is InChI=1S/Cr.H3O4P.2H2O.2O.Zn/c;1-5(2,3)4;;;;;/h;(H3,1,2,3,4);2*1H2;;;/q+2;;;;;;+2/p-4. The molecule has 11 heteroatoms. The summed E-state index contributed by atoms with van der Waals surface area (Å²) >= 11 is -5.25. The minimum atomic E-state index is -5.25. The van der Waals surface area contributed by atoms with Crippen LogP contribution in [-0.4, -0.2) is 13.2 Å². The molecular weight excluding hydrogens is 276 g/mol. The average molecular weight is 279 g/mol. The largest absolute Gasteiger partial charge is 2.00 e. The van der Waals surface area contributed by atoms with Crippen LogP contribution < -0.4 is 9.79 Å². The predicted molar refractivity (Wildman–Crippen MR) is 15.6 cm³/mol. The van der Waals surface area contributed by atoms with Crippen LogP contribution in [0.5, 0.6) is 0 Å². The third kappa shape index (κ3) is 1350. The first-order chi connectivity index (χ1) is 4.00. The van der Waals surface area contributed by atoms with Crippen LogP contribution in [-0.2, 0) is 45.3 Å². The van der Waals surface area contributed by atoms with Crippen molar-refractivity contribution in [3.63, 3.8) is 0 Å². The molecule has 0 aliphatic carbocycles. The maximum atomic E-state index is 8.82. The van der Waals surface area contributed by atoms with E-state index in [0.29, 0.717) is 0 Å². The van der Waals surface area contributed by atoms with Gasteiger partial charge in [0.05, 0.1) is 7.82 Å². The molecule has 0 unspecified atom stereocenters. The molecule has 3 N–H and O–H groups in total. The number of rotatable bonds is 0. The third-order valence-corrected chi connectivity index (χ3v) is 0. The normalized spacial score (nSPS) is 10.6. The molecule has 0 spiro atoms. The van der Waals surface area contributed by atoms with E-state index in [1.54, 1.807) is 0 Å². The van der Waals surface area contributed by atoms with Crippen LogP contribution in [0.2, 0.25) is 0 Å². The summed E-state index contributed by atoms with van der Waals surface area (Å²) in [5, 5.41) is 0. The summed E-state index contributed by atoms with van der Waals surface area (Å²) in [5.41, 5.74) is 0. The molecule has 0 heterocycles. The van der Waals surface area contributed by atoms with Crippen molar-refractivity contribution in [1.82, 2.24) is 0 Å². The van der Waals surface area contributed by atoms with Crippen LogP contribution in [0.1, 0.15) is 0 Å². The maximum absolute atomic E-state index is 8.82. The molecule has 0 aromatic carbocycles. The van der Waals surface area contributed by atoms with Crippen molar-refractivity contribution in [2.24, 2.45) is 0 Å². The Morgan fingerprint density at radius 1 is 1.18 bits per heavy atom. The summed E-state index contributed by atoms with van der Waals surface area (Å²) in [7, 11) is -5.14. The fraction of sp³-hybridized carbons (Fsp3) is 0. The van der Waals surface area contributed by atoms with Gasteiger partial charge in [0.2, 0.25) is 0 Å². The Morgan fingerprint density at radius 3 is 1.18 bits per heavy atom. The van der Waals surface area contributed by atoms with Gasteiger partial charge in [-0.15, -0.1) is 0 Å². The summed E-state index contributed by atoms with van der Waals surface area (Å²) in [5.74, 6) is 0. The molecule has 0 saturated heterocycles. The van der Waals surface area contributed by atoms with Gasteiger partial charge < -0.3 is 19.2 Å². The summed E-state index contributed by atoms with van der Waals surface area (Å²) in [6.45, 7) is 0. The Kier molecular flexibility index (Phi) is 10.2. The minimum absolute atomic E-state index is 0. The molecule has 0 radical (unpaired) electrons.